The Balaban J connectivity index is 2.21. The van der Waals surface area contributed by atoms with Gasteiger partial charge in [-0.15, -0.1) is 11.6 Å². The van der Waals surface area contributed by atoms with Gasteiger partial charge in [-0.25, -0.2) is 4.39 Å². The summed E-state index contributed by atoms with van der Waals surface area (Å²) in [6.07, 6.45) is 1.49. The highest BCUT2D eigenvalue weighted by molar-refractivity contribution is 6.30. The van der Waals surface area contributed by atoms with Crippen molar-refractivity contribution in [1.29, 1.82) is 0 Å². The minimum Gasteiger partial charge on any atom is -0.337 e. The molecule has 0 radical (unpaired) electrons. The molecular formula is C12H13ClFNO. The summed E-state index contributed by atoms with van der Waals surface area (Å²) in [5, 5.41) is -0.415. The largest absolute Gasteiger partial charge is 0.337 e. The Hall–Kier alpha value is -1.09. The average Bonchev–Trinajstić information content (AvgIpc) is 2.28. The van der Waals surface area contributed by atoms with E-state index in [0.29, 0.717) is 6.42 Å². The lowest BCUT2D eigenvalue weighted by Crippen LogP contribution is -2.41. The van der Waals surface area contributed by atoms with Gasteiger partial charge in [0.15, 0.2) is 0 Å². The number of amides is 1. The highest BCUT2D eigenvalue weighted by atomic mass is 35.5. The molecule has 86 valence electrons. The van der Waals surface area contributed by atoms with E-state index in [1.807, 2.05) is 0 Å². The Morgan fingerprint density at radius 1 is 1.31 bits per heavy atom. The molecule has 1 amide bonds. The maximum absolute atomic E-state index is 12.8. The number of hydrogen-bond donors (Lipinski definition) is 0. The second-order valence-electron chi connectivity index (χ2n) is 4.06. The zero-order valence-electron chi connectivity index (χ0n) is 8.99. The summed E-state index contributed by atoms with van der Waals surface area (Å²) in [5.41, 5.74) is 0.959. The molecule has 0 aromatic heterocycles. The van der Waals surface area contributed by atoms with Crippen molar-refractivity contribution < 1.29 is 9.18 Å². The molecule has 16 heavy (non-hydrogen) atoms. The SMILES string of the molecule is CN1C(=O)[C@H](Cl)CC[C@H]1c1ccc(F)cc1. The van der Waals surface area contributed by atoms with E-state index in [1.165, 1.54) is 12.1 Å². The number of carbonyl (C=O) groups is 1. The Bertz CT molecular complexity index is 393. The summed E-state index contributed by atoms with van der Waals surface area (Å²) >= 11 is 5.89. The average molecular weight is 242 g/mol. The summed E-state index contributed by atoms with van der Waals surface area (Å²) in [7, 11) is 1.74. The zero-order chi connectivity index (χ0) is 11.7. The predicted octanol–water partition coefficient (Wildman–Crippen LogP) is 2.73. The van der Waals surface area contributed by atoms with Crippen molar-refractivity contribution in [3.05, 3.63) is 35.6 Å². The van der Waals surface area contributed by atoms with Gasteiger partial charge in [0.25, 0.3) is 0 Å². The summed E-state index contributed by atoms with van der Waals surface area (Å²) in [6, 6.07) is 6.29. The number of likely N-dealkylation sites (tertiary alicyclic amines) is 1. The first-order chi connectivity index (χ1) is 7.59. The zero-order valence-corrected chi connectivity index (χ0v) is 9.75. The van der Waals surface area contributed by atoms with Crippen LogP contribution in [0.2, 0.25) is 0 Å². The molecule has 0 N–H and O–H groups in total. The Kier molecular flexibility index (Phi) is 3.15. The molecule has 2 rings (SSSR count). The first kappa shape index (κ1) is 11.4. The number of carbonyl (C=O) groups excluding carboxylic acids is 1. The molecule has 2 nitrogen and oxygen atoms in total. The standard InChI is InChI=1S/C12H13ClFNO/c1-15-11(7-6-10(13)12(15)16)8-2-4-9(14)5-3-8/h2-5,10-11H,6-7H2,1H3/t10-,11+/m1/s1. The summed E-state index contributed by atoms with van der Waals surface area (Å²) in [6.45, 7) is 0. The van der Waals surface area contributed by atoms with Crippen LogP contribution in [0.25, 0.3) is 0 Å². The lowest BCUT2D eigenvalue weighted by atomic mass is 9.95. The molecule has 1 aromatic carbocycles. The minimum atomic E-state index is -0.415. The van der Waals surface area contributed by atoms with Gasteiger partial charge in [-0.3, -0.25) is 4.79 Å². The van der Waals surface area contributed by atoms with Gasteiger partial charge in [0.05, 0.1) is 6.04 Å². The molecular weight excluding hydrogens is 229 g/mol. The van der Waals surface area contributed by atoms with Crippen LogP contribution in [0.5, 0.6) is 0 Å². The van der Waals surface area contributed by atoms with Crippen LogP contribution >= 0.6 is 11.6 Å². The first-order valence-corrected chi connectivity index (χ1v) is 5.69. The maximum atomic E-state index is 12.8. The van der Waals surface area contributed by atoms with Gasteiger partial charge in [-0.2, -0.15) is 0 Å². The molecule has 1 heterocycles. The Morgan fingerprint density at radius 2 is 1.94 bits per heavy atom. The minimum absolute atomic E-state index is 0.0168. The topological polar surface area (TPSA) is 20.3 Å². The lowest BCUT2D eigenvalue weighted by Gasteiger charge is -2.35. The molecule has 0 spiro atoms. The van der Waals surface area contributed by atoms with E-state index < -0.39 is 5.38 Å². The molecule has 0 unspecified atom stereocenters. The fraction of sp³-hybridized carbons (Fsp3) is 0.417. The molecule has 1 saturated heterocycles. The molecule has 2 atom stereocenters. The van der Waals surface area contributed by atoms with Crippen LogP contribution in [0.4, 0.5) is 4.39 Å². The van der Waals surface area contributed by atoms with E-state index in [0.717, 1.165) is 12.0 Å². The molecule has 1 aromatic rings. The Morgan fingerprint density at radius 3 is 2.56 bits per heavy atom. The van der Waals surface area contributed by atoms with E-state index in [9.17, 15) is 9.18 Å². The van der Waals surface area contributed by atoms with Crippen molar-refractivity contribution >= 4 is 17.5 Å². The van der Waals surface area contributed by atoms with E-state index >= 15 is 0 Å². The highest BCUT2D eigenvalue weighted by Gasteiger charge is 2.32. The first-order valence-electron chi connectivity index (χ1n) is 5.26. The van der Waals surface area contributed by atoms with Gasteiger partial charge in [-0.05, 0) is 30.5 Å². The molecule has 0 aliphatic carbocycles. The van der Waals surface area contributed by atoms with Gasteiger partial charge in [0.1, 0.15) is 11.2 Å². The number of benzene rings is 1. The monoisotopic (exact) mass is 241 g/mol. The van der Waals surface area contributed by atoms with Crippen LogP contribution < -0.4 is 0 Å². The van der Waals surface area contributed by atoms with Gasteiger partial charge in [0, 0.05) is 7.05 Å². The smallest absolute Gasteiger partial charge is 0.240 e. The fourth-order valence-corrected chi connectivity index (χ4v) is 2.35. The maximum Gasteiger partial charge on any atom is 0.240 e. The van der Waals surface area contributed by atoms with Crippen LogP contribution in [0.1, 0.15) is 24.4 Å². The summed E-state index contributed by atoms with van der Waals surface area (Å²) < 4.78 is 12.8. The van der Waals surface area contributed by atoms with Crippen LogP contribution in [0, 0.1) is 5.82 Å². The molecule has 1 aliphatic rings. The van der Waals surface area contributed by atoms with Gasteiger partial charge < -0.3 is 4.90 Å². The fourth-order valence-electron chi connectivity index (χ4n) is 2.07. The molecule has 1 fully saturated rings. The lowest BCUT2D eigenvalue weighted by molar-refractivity contribution is -0.134. The normalized spacial score (nSPS) is 25.9. The number of piperidine rings is 1. The molecule has 0 saturated carbocycles. The number of nitrogens with zero attached hydrogens (tertiary/aromatic N) is 1. The third kappa shape index (κ3) is 2.05. The summed E-state index contributed by atoms with van der Waals surface area (Å²) in [5.74, 6) is -0.314. The molecule has 1 aliphatic heterocycles. The number of rotatable bonds is 1. The number of hydrogen-bond acceptors (Lipinski definition) is 1. The number of halogens is 2. The van der Waals surface area contributed by atoms with Crippen LogP contribution in [-0.4, -0.2) is 23.2 Å². The van der Waals surface area contributed by atoms with Gasteiger partial charge in [-0.1, -0.05) is 12.1 Å². The van der Waals surface area contributed by atoms with Crippen LogP contribution in [-0.2, 0) is 4.79 Å². The Labute approximate surface area is 99.0 Å². The van der Waals surface area contributed by atoms with E-state index in [1.54, 1.807) is 24.1 Å². The third-order valence-electron chi connectivity index (χ3n) is 3.03. The van der Waals surface area contributed by atoms with Gasteiger partial charge in [0.2, 0.25) is 5.91 Å². The van der Waals surface area contributed by atoms with Gasteiger partial charge >= 0.3 is 0 Å². The second-order valence-corrected chi connectivity index (χ2v) is 4.59. The highest BCUT2D eigenvalue weighted by Crippen LogP contribution is 2.32. The summed E-state index contributed by atoms with van der Waals surface area (Å²) in [4.78, 5) is 13.3. The van der Waals surface area contributed by atoms with Crippen LogP contribution in [0.15, 0.2) is 24.3 Å². The van der Waals surface area contributed by atoms with Crippen molar-refractivity contribution in [2.75, 3.05) is 7.05 Å². The van der Waals surface area contributed by atoms with E-state index in [-0.39, 0.29) is 17.8 Å². The van der Waals surface area contributed by atoms with Crippen molar-refractivity contribution in [3.8, 4) is 0 Å². The van der Waals surface area contributed by atoms with Crippen molar-refractivity contribution in [1.82, 2.24) is 4.90 Å². The van der Waals surface area contributed by atoms with Crippen molar-refractivity contribution in [2.45, 2.75) is 24.3 Å². The van der Waals surface area contributed by atoms with Crippen molar-refractivity contribution in [2.24, 2.45) is 0 Å². The molecule has 4 heteroatoms. The molecule has 0 bridgehead atoms. The number of alkyl halides is 1. The van der Waals surface area contributed by atoms with E-state index in [4.69, 9.17) is 11.6 Å². The third-order valence-corrected chi connectivity index (χ3v) is 3.44. The quantitative estimate of drug-likeness (QED) is 0.693. The van der Waals surface area contributed by atoms with E-state index in [2.05, 4.69) is 0 Å². The second kappa shape index (κ2) is 4.42. The van der Waals surface area contributed by atoms with Crippen molar-refractivity contribution in [3.63, 3.8) is 0 Å². The van der Waals surface area contributed by atoms with Crippen LogP contribution in [0.3, 0.4) is 0 Å². The predicted molar refractivity (Wildman–Crippen MR) is 60.8 cm³/mol.